The number of aromatic nitrogens is 1. The molecule has 31 heavy (non-hydrogen) atoms. The number of nitrogens with zero attached hydrogens (tertiary/aromatic N) is 2. The van der Waals surface area contributed by atoms with Gasteiger partial charge in [-0.3, -0.25) is 9.59 Å². The number of hydrogen-bond donors (Lipinski definition) is 1. The number of hydrogen-bond acceptors (Lipinski definition) is 5. The summed E-state index contributed by atoms with van der Waals surface area (Å²) in [5.74, 6) is -0.961. The number of amides is 1. The minimum atomic E-state index is -0.865. The van der Waals surface area contributed by atoms with E-state index in [1.807, 2.05) is 48.5 Å². The summed E-state index contributed by atoms with van der Waals surface area (Å²) in [6.45, 7) is 0.652. The predicted molar refractivity (Wildman–Crippen MR) is 121 cm³/mol. The highest BCUT2D eigenvalue weighted by molar-refractivity contribution is 8.00. The molecule has 4 rings (SSSR count). The molecule has 0 aliphatic carbocycles. The Morgan fingerprint density at radius 1 is 1.23 bits per heavy atom. The number of ether oxygens (including phenoxy) is 1. The number of aliphatic carboxylic acids is 1. The summed E-state index contributed by atoms with van der Waals surface area (Å²) in [6, 6.07) is 16.7. The third-order valence-electron chi connectivity index (χ3n) is 5.33. The number of rotatable bonds is 6. The minimum Gasteiger partial charge on any atom is -0.494 e. The first-order valence-electron chi connectivity index (χ1n) is 9.83. The summed E-state index contributed by atoms with van der Waals surface area (Å²) in [4.78, 5) is 31.2. The van der Waals surface area contributed by atoms with Gasteiger partial charge in [0, 0.05) is 23.5 Å². The maximum atomic E-state index is 13.5. The van der Waals surface area contributed by atoms with Gasteiger partial charge in [-0.1, -0.05) is 53.7 Å². The van der Waals surface area contributed by atoms with E-state index in [4.69, 9.17) is 21.3 Å². The lowest BCUT2D eigenvalue weighted by molar-refractivity contribution is -0.141. The topological polar surface area (TPSA) is 79.7 Å². The molecule has 160 valence electrons. The second-order valence-corrected chi connectivity index (χ2v) is 8.88. The van der Waals surface area contributed by atoms with Crippen LogP contribution in [0, 0.1) is 5.92 Å². The van der Waals surface area contributed by atoms with E-state index in [9.17, 15) is 14.7 Å². The molecular weight excluding hydrogens is 436 g/mol. The molecule has 1 amide bonds. The lowest BCUT2D eigenvalue weighted by atomic mass is 10.1. The molecular formula is C23H21ClN2O4S. The Labute approximate surface area is 189 Å². The van der Waals surface area contributed by atoms with E-state index in [0.717, 1.165) is 16.5 Å². The summed E-state index contributed by atoms with van der Waals surface area (Å²) in [5, 5.41) is 10.8. The Balaban J connectivity index is 1.69. The fourth-order valence-electron chi connectivity index (χ4n) is 3.67. The van der Waals surface area contributed by atoms with Crippen molar-refractivity contribution in [1.29, 1.82) is 0 Å². The Morgan fingerprint density at radius 3 is 2.68 bits per heavy atom. The maximum Gasteiger partial charge on any atom is 0.308 e. The Morgan fingerprint density at radius 2 is 2.00 bits per heavy atom. The molecule has 2 heterocycles. The molecule has 0 radical (unpaired) electrons. The lowest BCUT2D eigenvalue weighted by Crippen LogP contribution is -2.33. The highest BCUT2D eigenvalue weighted by Gasteiger charge is 2.35. The van der Waals surface area contributed by atoms with Crippen molar-refractivity contribution in [2.24, 2.45) is 5.92 Å². The van der Waals surface area contributed by atoms with Crippen LogP contribution in [0.25, 0.3) is 10.9 Å². The van der Waals surface area contributed by atoms with Gasteiger partial charge in [-0.05, 0) is 36.2 Å². The standard InChI is InChI=1S/C23H21ClN2O4S/c1-30-19-12-16-11-17(24)7-8-18(16)25-21(19)31-20(14-5-3-2-4-6-14)22(27)26-10-9-15(13-26)23(28)29/h2-8,11-12,15,20H,9-10,13H2,1H3,(H,28,29)/t15-,20?/m0/s1. The van der Waals surface area contributed by atoms with Crippen LogP contribution >= 0.6 is 23.4 Å². The van der Waals surface area contributed by atoms with Crippen LogP contribution in [-0.4, -0.2) is 47.1 Å². The summed E-state index contributed by atoms with van der Waals surface area (Å²) in [6.07, 6.45) is 0.464. The van der Waals surface area contributed by atoms with Crippen molar-refractivity contribution in [3.8, 4) is 5.75 Å². The van der Waals surface area contributed by atoms with Crippen LogP contribution in [0.5, 0.6) is 5.75 Å². The summed E-state index contributed by atoms with van der Waals surface area (Å²) in [5.41, 5.74) is 1.58. The number of carbonyl (C=O) groups is 2. The molecule has 0 bridgehead atoms. The second-order valence-electron chi connectivity index (χ2n) is 7.35. The van der Waals surface area contributed by atoms with Crippen molar-refractivity contribution in [1.82, 2.24) is 9.88 Å². The number of likely N-dealkylation sites (tertiary alicyclic amines) is 1. The molecule has 0 spiro atoms. The maximum absolute atomic E-state index is 13.5. The van der Waals surface area contributed by atoms with Gasteiger partial charge < -0.3 is 14.7 Å². The third kappa shape index (κ3) is 4.62. The van der Waals surface area contributed by atoms with Gasteiger partial charge in [-0.2, -0.15) is 0 Å². The minimum absolute atomic E-state index is 0.125. The van der Waals surface area contributed by atoms with Crippen LogP contribution in [0.3, 0.4) is 0 Å². The zero-order valence-corrected chi connectivity index (χ0v) is 18.4. The molecule has 1 aromatic heterocycles. The molecule has 2 aromatic carbocycles. The SMILES string of the molecule is COc1cc2cc(Cl)ccc2nc1SC(C(=O)N1CC[C@H](C(=O)O)C1)c1ccccc1. The monoisotopic (exact) mass is 456 g/mol. The van der Waals surface area contributed by atoms with Gasteiger partial charge in [0.15, 0.2) is 5.75 Å². The van der Waals surface area contributed by atoms with Gasteiger partial charge in [-0.15, -0.1) is 0 Å². The van der Waals surface area contributed by atoms with Gasteiger partial charge in [0.25, 0.3) is 0 Å². The zero-order chi connectivity index (χ0) is 22.0. The number of benzene rings is 2. The first-order chi connectivity index (χ1) is 15.0. The fraction of sp³-hybridized carbons (Fsp3) is 0.261. The number of halogens is 1. The molecule has 1 N–H and O–H groups in total. The normalized spacial score (nSPS) is 17.0. The van der Waals surface area contributed by atoms with Crippen LogP contribution in [-0.2, 0) is 9.59 Å². The fourth-order valence-corrected chi connectivity index (χ4v) is 5.03. The van der Waals surface area contributed by atoms with Crippen LogP contribution in [0.15, 0.2) is 59.6 Å². The van der Waals surface area contributed by atoms with Crippen molar-refractivity contribution in [2.45, 2.75) is 16.7 Å². The number of thioether (sulfide) groups is 1. The number of carboxylic acids is 1. The number of fused-ring (bicyclic) bond motifs is 1. The Bertz CT molecular complexity index is 1130. The van der Waals surface area contributed by atoms with Gasteiger partial charge >= 0.3 is 5.97 Å². The van der Waals surface area contributed by atoms with Gasteiger partial charge in [-0.25, -0.2) is 4.98 Å². The molecule has 1 saturated heterocycles. The summed E-state index contributed by atoms with van der Waals surface area (Å²) in [7, 11) is 1.56. The van der Waals surface area contributed by atoms with E-state index in [-0.39, 0.29) is 12.5 Å². The summed E-state index contributed by atoms with van der Waals surface area (Å²) < 4.78 is 5.55. The average molecular weight is 457 g/mol. The molecule has 1 unspecified atom stereocenters. The van der Waals surface area contributed by atoms with Crippen molar-refractivity contribution in [2.75, 3.05) is 20.2 Å². The third-order valence-corrected chi connectivity index (χ3v) is 6.79. The van der Waals surface area contributed by atoms with Crippen LogP contribution < -0.4 is 4.74 Å². The Hall–Kier alpha value is -2.77. The van der Waals surface area contributed by atoms with Gasteiger partial charge in [0.2, 0.25) is 5.91 Å². The van der Waals surface area contributed by atoms with Crippen LogP contribution in [0.2, 0.25) is 5.02 Å². The van der Waals surface area contributed by atoms with Crippen molar-refractivity contribution in [3.63, 3.8) is 0 Å². The van der Waals surface area contributed by atoms with Crippen molar-refractivity contribution in [3.05, 3.63) is 65.2 Å². The number of methoxy groups -OCH3 is 1. The largest absolute Gasteiger partial charge is 0.494 e. The van der Waals surface area contributed by atoms with Gasteiger partial charge in [0.1, 0.15) is 10.3 Å². The predicted octanol–water partition coefficient (Wildman–Crippen LogP) is 4.66. The average Bonchev–Trinajstić information content (AvgIpc) is 3.28. The smallest absolute Gasteiger partial charge is 0.308 e. The molecule has 0 saturated carbocycles. The zero-order valence-electron chi connectivity index (χ0n) is 16.8. The number of pyridine rings is 1. The molecule has 3 aromatic rings. The molecule has 1 aliphatic heterocycles. The molecule has 1 fully saturated rings. The highest BCUT2D eigenvalue weighted by Crippen LogP contribution is 2.42. The van der Waals surface area contributed by atoms with E-state index in [1.165, 1.54) is 11.8 Å². The molecule has 8 heteroatoms. The van der Waals surface area contributed by atoms with E-state index in [0.29, 0.717) is 28.8 Å². The summed E-state index contributed by atoms with van der Waals surface area (Å²) >= 11 is 7.41. The second kappa shape index (κ2) is 9.16. The van der Waals surface area contributed by atoms with Crippen molar-refractivity contribution >= 4 is 46.1 Å². The van der Waals surface area contributed by atoms with Gasteiger partial charge in [0.05, 0.1) is 18.5 Å². The van der Waals surface area contributed by atoms with E-state index in [2.05, 4.69) is 0 Å². The molecule has 6 nitrogen and oxygen atoms in total. The Kier molecular flexibility index (Phi) is 6.34. The highest BCUT2D eigenvalue weighted by atomic mass is 35.5. The quantitative estimate of drug-likeness (QED) is 0.543. The molecule has 1 aliphatic rings. The van der Waals surface area contributed by atoms with E-state index >= 15 is 0 Å². The van der Waals surface area contributed by atoms with Crippen molar-refractivity contribution < 1.29 is 19.4 Å². The first-order valence-corrected chi connectivity index (χ1v) is 11.1. The first kappa shape index (κ1) is 21.5. The lowest BCUT2D eigenvalue weighted by Gasteiger charge is -2.24. The van der Waals surface area contributed by atoms with E-state index in [1.54, 1.807) is 18.1 Å². The number of carboxylic acid groups (broad SMARTS) is 1. The van der Waals surface area contributed by atoms with Crippen LogP contribution in [0.4, 0.5) is 0 Å². The molecule has 2 atom stereocenters. The number of carbonyl (C=O) groups excluding carboxylic acids is 1. The van der Waals surface area contributed by atoms with E-state index < -0.39 is 17.1 Å². The van der Waals surface area contributed by atoms with Crippen LogP contribution in [0.1, 0.15) is 17.2 Å².